The molecule has 1 aromatic carbocycles. The monoisotopic (exact) mass is 276 g/mol. The van der Waals surface area contributed by atoms with Crippen molar-refractivity contribution in [3.05, 3.63) is 29.8 Å². The van der Waals surface area contributed by atoms with Gasteiger partial charge in [0.15, 0.2) is 0 Å². The minimum atomic E-state index is 0.570. The van der Waals surface area contributed by atoms with Gasteiger partial charge in [0, 0.05) is 25.7 Å². The smallest absolute Gasteiger partial charge is 0.119 e. The van der Waals surface area contributed by atoms with Gasteiger partial charge in [-0.3, -0.25) is 0 Å². The molecule has 2 atom stereocenters. The van der Waals surface area contributed by atoms with Gasteiger partial charge in [-0.25, -0.2) is 0 Å². The van der Waals surface area contributed by atoms with Crippen LogP contribution in [0.15, 0.2) is 24.3 Å². The number of hydrogen-bond donors (Lipinski definition) is 1. The number of nitrogens with zero attached hydrogens (tertiary/aromatic N) is 1. The second-order valence-electron chi connectivity index (χ2n) is 6.08. The predicted octanol–water partition coefficient (Wildman–Crippen LogP) is 3.03. The van der Waals surface area contributed by atoms with Crippen LogP contribution in [-0.2, 0) is 6.54 Å². The third kappa shape index (κ3) is 4.50. The largest absolute Gasteiger partial charge is 0.494 e. The van der Waals surface area contributed by atoms with Gasteiger partial charge >= 0.3 is 0 Å². The molecule has 2 unspecified atom stereocenters. The summed E-state index contributed by atoms with van der Waals surface area (Å²) in [6, 6.07) is 8.80. The van der Waals surface area contributed by atoms with Crippen LogP contribution in [0.1, 0.15) is 38.7 Å². The lowest BCUT2D eigenvalue weighted by Gasteiger charge is -2.36. The van der Waals surface area contributed by atoms with E-state index in [4.69, 9.17) is 10.5 Å². The van der Waals surface area contributed by atoms with Crippen LogP contribution >= 0.6 is 0 Å². The Bertz CT molecular complexity index is 408. The van der Waals surface area contributed by atoms with Crippen LogP contribution in [0.2, 0.25) is 0 Å². The Kier molecular flexibility index (Phi) is 5.86. The Morgan fingerprint density at radius 3 is 2.95 bits per heavy atom. The number of hydrogen-bond acceptors (Lipinski definition) is 3. The third-order valence-corrected chi connectivity index (χ3v) is 4.24. The summed E-state index contributed by atoms with van der Waals surface area (Å²) in [5, 5.41) is 0. The van der Waals surface area contributed by atoms with Crippen molar-refractivity contribution in [1.29, 1.82) is 0 Å². The van der Waals surface area contributed by atoms with Crippen LogP contribution in [-0.4, -0.2) is 30.6 Å². The zero-order valence-corrected chi connectivity index (χ0v) is 12.8. The zero-order chi connectivity index (χ0) is 14.4. The summed E-state index contributed by atoms with van der Waals surface area (Å²) in [7, 11) is 0. The first-order chi connectivity index (χ1) is 9.69. The van der Waals surface area contributed by atoms with E-state index in [2.05, 4.69) is 18.7 Å². The summed E-state index contributed by atoms with van der Waals surface area (Å²) in [5.41, 5.74) is 6.76. The summed E-state index contributed by atoms with van der Waals surface area (Å²) in [6.45, 7) is 8.43. The van der Waals surface area contributed by atoms with E-state index in [0.29, 0.717) is 6.54 Å². The Labute approximate surface area is 123 Å². The second kappa shape index (κ2) is 7.65. The molecule has 0 radical (unpaired) electrons. The van der Waals surface area contributed by atoms with Crippen molar-refractivity contribution in [1.82, 2.24) is 4.90 Å². The van der Waals surface area contributed by atoms with E-state index >= 15 is 0 Å². The minimum Gasteiger partial charge on any atom is -0.494 e. The van der Waals surface area contributed by atoms with Gasteiger partial charge < -0.3 is 15.4 Å². The number of nitrogens with two attached hydrogens (primary N) is 1. The number of likely N-dealkylation sites (tertiary alicyclic amines) is 1. The quantitative estimate of drug-likeness (QED) is 0.812. The summed E-state index contributed by atoms with van der Waals surface area (Å²) in [5.74, 6) is 1.78. The molecule has 3 nitrogen and oxygen atoms in total. The zero-order valence-electron chi connectivity index (χ0n) is 12.8. The highest BCUT2D eigenvalue weighted by molar-refractivity contribution is 5.28. The Morgan fingerprint density at radius 1 is 1.30 bits per heavy atom. The highest BCUT2D eigenvalue weighted by atomic mass is 16.5. The lowest BCUT2D eigenvalue weighted by Crippen LogP contribution is -2.41. The molecule has 2 rings (SSSR count). The molecule has 1 aromatic rings. The Hall–Kier alpha value is -1.06. The van der Waals surface area contributed by atoms with Crippen LogP contribution < -0.4 is 10.5 Å². The molecule has 1 heterocycles. The van der Waals surface area contributed by atoms with Crippen molar-refractivity contribution in [2.24, 2.45) is 11.7 Å². The molecule has 3 heteroatoms. The van der Waals surface area contributed by atoms with Gasteiger partial charge in [-0.15, -0.1) is 0 Å². The summed E-state index contributed by atoms with van der Waals surface area (Å²) >= 11 is 0. The first-order valence-electron chi connectivity index (χ1n) is 7.85. The molecule has 0 aliphatic carbocycles. The van der Waals surface area contributed by atoms with E-state index in [9.17, 15) is 0 Å². The molecule has 0 amide bonds. The molecular weight excluding hydrogens is 248 g/mol. The Balaban J connectivity index is 1.70. The predicted molar refractivity (Wildman–Crippen MR) is 83.9 cm³/mol. The normalized spacial score (nSPS) is 23.8. The maximum Gasteiger partial charge on any atom is 0.119 e. The summed E-state index contributed by atoms with van der Waals surface area (Å²) in [6.07, 6.45) is 3.80. The first kappa shape index (κ1) is 15.3. The highest BCUT2D eigenvalue weighted by Gasteiger charge is 2.21. The van der Waals surface area contributed by atoms with Gasteiger partial charge in [0.1, 0.15) is 5.75 Å². The van der Waals surface area contributed by atoms with E-state index in [1.165, 1.54) is 19.4 Å². The molecule has 0 spiro atoms. The van der Waals surface area contributed by atoms with Gasteiger partial charge in [-0.2, -0.15) is 0 Å². The van der Waals surface area contributed by atoms with Crippen LogP contribution in [0, 0.1) is 5.92 Å². The van der Waals surface area contributed by atoms with Crippen molar-refractivity contribution < 1.29 is 4.74 Å². The lowest BCUT2D eigenvalue weighted by atomic mass is 9.95. The molecule has 0 bridgehead atoms. The van der Waals surface area contributed by atoms with E-state index < -0.39 is 0 Å². The topological polar surface area (TPSA) is 38.5 Å². The van der Waals surface area contributed by atoms with Gasteiger partial charge in [-0.05, 0) is 49.8 Å². The van der Waals surface area contributed by atoms with Crippen molar-refractivity contribution in [3.63, 3.8) is 0 Å². The standard InChI is InChI=1S/C17H28N2O/c1-14-7-8-15(2)19(13-14)9-4-10-20-17-6-3-5-16(11-17)12-18/h3,5-6,11,14-15H,4,7-10,12-13,18H2,1-2H3. The average Bonchev–Trinajstić information content (AvgIpc) is 2.47. The SMILES string of the molecule is CC1CCC(C)N(CCCOc2cccc(CN)c2)C1. The van der Waals surface area contributed by atoms with Crippen molar-refractivity contribution in [3.8, 4) is 5.75 Å². The van der Waals surface area contributed by atoms with Crippen molar-refractivity contribution in [2.45, 2.75) is 45.7 Å². The van der Waals surface area contributed by atoms with Gasteiger partial charge in [0.25, 0.3) is 0 Å². The van der Waals surface area contributed by atoms with E-state index in [0.717, 1.165) is 42.8 Å². The van der Waals surface area contributed by atoms with Crippen LogP contribution in [0.4, 0.5) is 0 Å². The molecule has 1 fully saturated rings. The van der Waals surface area contributed by atoms with Gasteiger partial charge in [0.05, 0.1) is 6.61 Å². The molecule has 1 aliphatic heterocycles. The van der Waals surface area contributed by atoms with Crippen molar-refractivity contribution >= 4 is 0 Å². The number of piperidine rings is 1. The Morgan fingerprint density at radius 2 is 2.15 bits per heavy atom. The van der Waals surface area contributed by atoms with Crippen LogP contribution in [0.25, 0.3) is 0 Å². The fourth-order valence-electron chi connectivity index (χ4n) is 2.91. The molecule has 2 N–H and O–H groups in total. The molecule has 0 aromatic heterocycles. The highest BCUT2D eigenvalue weighted by Crippen LogP contribution is 2.21. The second-order valence-corrected chi connectivity index (χ2v) is 6.08. The first-order valence-corrected chi connectivity index (χ1v) is 7.85. The maximum absolute atomic E-state index is 5.82. The average molecular weight is 276 g/mol. The molecule has 20 heavy (non-hydrogen) atoms. The molecule has 1 saturated heterocycles. The molecule has 1 aliphatic rings. The van der Waals surface area contributed by atoms with Crippen molar-refractivity contribution in [2.75, 3.05) is 19.7 Å². The third-order valence-electron chi connectivity index (χ3n) is 4.24. The molecular formula is C17H28N2O. The van der Waals surface area contributed by atoms with E-state index in [-0.39, 0.29) is 0 Å². The summed E-state index contributed by atoms with van der Waals surface area (Å²) in [4.78, 5) is 2.60. The number of ether oxygens (including phenoxy) is 1. The number of benzene rings is 1. The fraction of sp³-hybridized carbons (Fsp3) is 0.647. The maximum atomic E-state index is 5.82. The van der Waals surface area contributed by atoms with E-state index in [1.54, 1.807) is 0 Å². The van der Waals surface area contributed by atoms with Gasteiger partial charge in [-0.1, -0.05) is 19.1 Å². The summed E-state index contributed by atoms with van der Waals surface area (Å²) < 4.78 is 5.82. The molecule has 0 saturated carbocycles. The fourth-order valence-corrected chi connectivity index (χ4v) is 2.91. The van der Waals surface area contributed by atoms with Crippen LogP contribution in [0.5, 0.6) is 5.75 Å². The number of rotatable bonds is 6. The van der Waals surface area contributed by atoms with Crippen LogP contribution in [0.3, 0.4) is 0 Å². The lowest BCUT2D eigenvalue weighted by molar-refractivity contribution is 0.116. The van der Waals surface area contributed by atoms with E-state index in [1.807, 2.05) is 24.3 Å². The minimum absolute atomic E-state index is 0.570. The van der Waals surface area contributed by atoms with Gasteiger partial charge in [0.2, 0.25) is 0 Å². The molecule has 112 valence electrons.